The van der Waals surface area contributed by atoms with Crippen LogP contribution in [0.4, 0.5) is 16.3 Å². The number of allylic oxidation sites excluding steroid dienone is 1. The molecule has 1 aliphatic rings. The van der Waals surface area contributed by atoms with Crippen LogP contribution in [-0.4, -0.2) is 23.5 Å². The minimum Gasteiger partial charge on any atom is -0.434 e. The number of carbonyl (C=O) groups excluding carboxylic acids is 2. The van der Waals surface area contributed by atoms with Crippen LogP contribution in [0.5, 0.6) is 5.95 Å². The van der Waals surface area contributed by atoms with Gasteiger partial charge in [0.05, 0.1) is 11.8 Å². The SMILES string of the molecule is O=C(Nc1cc(CNc2ccccc2C(=O)NCCC2=CCCCC2)ccn1)Oc1ccco1. The zero-order valence-electron chi connectivity index (χ0n) is 18.9. The zero-order chi connectivity index (χ0) is 23.6. The summed E-state index contributed by atoms with van der Waals surface area (Å²) in [7, 11) is 0. The molecule has 1 aromatic carbocycles. The van der Waals surface area contributed by atoms with Crippen molar-refractivity contribution < 1.29 is 18.7 Å². The molecular weight excluding hydrogens is 432 g/mol. The fourth-order valence-electron chi connectivity index (χ4n) is 3.79. The molecule has 4 rings (SSSR count). The van der Waals surface area contributed by atoms with Crippen LogP contribution in [0, 0.1) is 0 Å². The zero-order valence-corrected chi connectivity index (χ0v) is 18.9. The monoisotopic (exact) mass is 460 g/mol. The van der Waals surface area contributed by atoms with Crippen molar-refractivity contribution in [2.24, 2.45) is 0 Å². The van der Waals surface area contributed by atoms with Gasteiger partial charge in [-0.1, -0.05) is 23.8 Å². The number of anilines is 2. The summed E-state index contributed by atoms with van der Waals surface area (Å²) in [5.41, 5.74) is 3.64. The molecule has 0 saturated heterocycles. The van der Waals surface area contributed by atoms with Crippen molar-refractivity contribution >= 4 is 23.5 Å². The molecule has 0 spiro atoms. The number of carbonyl (C=O) groups is 2. The van der Waals surface area contributed by atoms with Crippen molar-refractivity contribution in [3.8, 4) is 5.95 Å². The molecule has 0 radical (unpaired) electrons. The highest BCUT2D eigenvalue weighted by Gasteiger charge is 2.12. The number of rotatable bonds is 9. The van der Waals surface area contributed by atoms with Gasteiger partial charge in [0.15, 0.2) is 0 Å². The highest BCUT2D eigenvalue weighted by atomic mass is 16.6. The normalized spacial score (nSPS) is 13.0. The molecule has 3 aromatic rings. The Kier molecular flexibility index (Phi) is 7.95. The predicted octanol–water partition coefficient (Wildman–Crippen LogP) is 5.52. The van der Waals surface area contributed by atoms with Gasteiger partial charge in [-0.05, 0) is 68.0 Å². The molecule has 176 valence electrons. The van der Waals surface area contributed by atoms with Gasteiger partial charge in [-0.25, -0.2) is 9.78 Å². The number of pyridine rings is 1. The number of nitrogens with zero attached hydrogens (tertiary/aromatic N) is 1. The number of benzene rings is 1. The van der Waals surface area contributed by atoms with Crippen LogP contribution in [-0.2, 0) is 6.54 Å². The van der Waals surface area contributed by atoms with E-state index in [1.165, 1.54) is 30.7 Å². The average molecular weight is 461 g/mol. The van der Waals surface area contributed by atoms with E-state index in [1.54, 1.807) is 18.3 Å². The summed E-state index contributed by atoms with van der Waals surface area (Å²) in [6.45, 7) is 1.08. The summed E-state index contributed by atoms with van der Waals surface area (Å²) in [5.74, 6) is 0.344. The highest BCUT2D eigenvalue weighted by Crippen LogP contribution is 2.20. The Labute approximate surface area is 198 Å². The summed E-state index contributed by atoms with van der Waals surface area (Å²) in [4.78, 5) is 28.9. The van der Waals surface area contributed by atoms with Gasteiger partial charge in [-0.15, -0.1) is 0 Å². The van der Waals surface area contributed by atoms with Gasteiger partial charge in [0.2, 0.25) is 0 Å². The van der Waals surface area contributed by atoms with Crippen LogP contribution in [0.25, 0.3) is 0 Å². The van der Waals surface area contributed by atoms with E-state index in [0.29, 0.717) is 24.5 Å². The smallest absolute Gasteiger partial charge is 0.420 e. The molecule has 3 N–H and O–H groups in total. The minimum absolute atomic E-state index is 0.0978. The first-order valence-electron chi connectivity index (χ1n) is 11.4. The molecule has 1 aliphatic carbocycles. The molecule has 0 fully saturated rings. The molecule has 34 heavy (non-hydrogen) atoms. The highest BCUT2D eigenvalue weighted by molar-refractivity contribution is 5.99. The first-order chi connectivity index (χ1) is 16.7. The Hall–Kier alpha value is -4.07. The van der Waals surface area contributed by atoms with Gasteiger partial charge in [0.1, 0.15) is 5.82 Å². The minimum atomic E-state index is -0.696. The fraction of sp³-hybridized carbons (Fsp3) is 0.269. The molecule has 8 heteroatoms. The number of para-hydroxylation sites is 1. The maximum atomic E-state index is 12.8. The maximum Gasteiger partial charge on any atom is 0.420 e. The van der Waals surface area contributed by atoms with Gasteiger partial charge in [0.25, 0.3) is 11.9 Å². The number of furan rings is 1. The summed E-state index contributed by atoms with van der Waals surface area (Å²) in [6.07, 6.45) is 10.3. The van der Waals surface area contributed by atoms with Gasteiger partial charge in [-0.3, -0.25) is 10.1 Å². The molecule has 0 atom stereocenters. The van der Waals surface area contributed by atoms with E-state index in [4.69, 9.17) is 9.15 Å². The average Bonchev–Trinajstić information content (AvgIpc) is 3.36. The number of nitrogens with one attached hydrogen (secondary N) is 3. The largest absolute Gasteiger partial charge is 0.434 e. The van der Waals surface area contributed by atoms with Crippen molar-refractivity contribution in [3.63, 3.8) is 0 Å². The third-order valence-electron chi connectivity index (χ3n) is 5.51. The van der Waals surface area contributed by atoms with Gasteiger partial charge in [0, 0.05) is 31.0 Å². The Morgan fingerprint density at radius 1 is 1.09 bits per heavy atom. The Bertz CT molecular complexity index is 1140. The molecule has 0 bridgehead atoms. The lowest BCUT2D eigenvalue weighted by molar-refractivity contribution is 0.0954. The summed E-state index contributed by atoms with van der Waals surface area (Å²) in [5, 5.41) is 8.91. The van der Waals surface area contributed by atoms with Crippen LogP contribution in [0.3, 0.4) is 0 Å². The van der Waals surface area contributed by atoms with Crippen LogP contribution in [0.2, 0.25) is 0 Å². The van der Waals surface area contributed by atoms with E-state index in [0.717, 1.165) is 30.5 Å². The molecule has 0 saturated carbocycles. The first kappa shape index (κ1) is 23.1. The Balaban J connectivity index is 1.31. The molecule has 0 aliphatic heterocycles. The van der Waals surface area contributed by atoms with Crippen molar-refractivity contribution in [1.82, 2.24) is 10.3 Å². The van der Waals surface area contributed by atoms with Crippen molar-refractivity contribution in [2.45, 2.75) is 38.6 Å². The second-order valence-corrected chi connectivity index (χ2v) is 8.01. The van der Waals surface area contributed by atoms with E-state index in [2.05, 4.69) is 27.0 Å². The Morgan fingerprint density at radius 2 is 2.00 bits per heavy atom. The van der Waals surface area contributed by atoms with Gasteiger partial charge in [-0.2, -0.15) is 0 Å². The van der Waals surface area contributed by atoms with E-state index in [-0.39, 0.29) is 11.9 Å². The third kappa shape index (κ3) is 6.71. The number of hydrogen-bond donors (Lipinski definition) is 3. The van der Waals surface area contributed by atoms with Crippen molar-refractivity contribution in [1.29, 1.82) is 0 Å². The van der Waals surface area contributed by atoms with Crippen molar-refractivity contribution in [3.05, 3.63) is 83.8 Å². The summed E-state index contributed by atoms with van der Waals surface area (Å²) >= 11 is 0. The van der Waals surface area contributed by atoms with E-state index >= 15 is 0 Å². The van der Waals surface area contributed by atoms with Crippen LogP contribution >= 0.6 is 0 Å². The number of amides is 2. The van der Waals surface area contributed by atoms with Gasteiger partial charge < -0.3 is 19.8 Å². The summed E-state index contributed by atoms with van der Waals surface area (Å²) in [6, 6.07) is 14.1. The van der Waals surface area contributed by atoms with E-state index < -0.39 is 6.09 Å². The molecule has 0 unspecified atom stereocenters. The quantitative estimate of drug-likeness (QED) is 0.363. The topological polar surface area (TPSA) is 105 Å². The Morgan fingerprint density at radius 3 is 2.82 bits per heavy atom. The first-order valence-corrected chi connectivity index (χ1v) is 11.4. The summed E-state index contributed by atoms with van der Waals surface area (Å²) < 4.78 is 10.0. The van der Waals surface area contributed by atoms with Crippen LogP contribution in [0.15, 0.2) is 77.1 Å². The van der Waals surface area contributed by atoms with E-state index in [1.807, 2.05) is 30.3 Å². The molecule has 2 aromatic heterocycles. The second-order valence-electron chi connectivity index (χ2n) is 8.01. The maximum absolute atomic E-state index is 12.8. The number of aromatic nitrogens is 1. The third-order valence-corrected chi connectivity index (χ3v) is 5.51. The fourth-order valence-corrected chi connectivity index (χ4v) is 3.79. The van der Waals surface area contributed by atoms with Crippen molar-refractivity contribution in [2.75, 3.05) is 17.2 Å². The number of hydrogen-bond acceptors (Lipinski definition) is 6. The van der Waals surface area contributed by atoms with E-state index in [9.17, 15) is 9.59 Å². The lowest BCUT2D eigenvalue weighted by Crippen LogP contribution is -2.25. The van der Waals surface area contributed by atoms with Crippen LogP contribution < -0.4 is 20.7 Å². The lowest BCUT2D eigenvalue weighted by Gasteiger charge is -2.15. The molecule has 2 amide bonds. The number of ether oxygens (including phenoxy) is 1. The standard InChI is InChI=1S/C26H28N4O4/c31-25(28-15-12-19-7-2-1-3-8-19)21-9-4-5-10-22(21)29-18-20-13-14-27-23(17-20)30-26(32)34-24-11-6-16-33-24/h4-7,9-11,13-14,16-17,29H,1-3,8,12,15,18H2,(H,28,31)(H,27,30,32). The lowest BCUT2D eigenvalue weighted by atomic mass is 9.97. The second kappa shape index (κ2) is 11.7. The molecular formula is C26H28N4O4. The predicted molar refractivity (Wildman–Crippen MR) is 130 cm³/mol. The van der Waals surface area contributed by atoms with Gasteiger partial charge >= 0.3 is 6.09 Å². The molecule has 8 nitrogen and oxygen atoms in total. The van der Waals surface area contributed by atoms with Crippen LogP contribution in [0.1, 0.15) is 48.0 Å². The molecule has 2 heterocycles.